The molecule has 0 amide bonds. The van der Waals surface area contributed by atoms with Gasteiger partial charge < -0.3 is 30.9 Å². The Hall–Kier alpha value is 1.65. The minimum Gasteiger partial charge on any atom is -1.00 e. The van der Waals surface area contributed by atoms with Crippen LogP contribution in [0, 0.1) is 12.8 Å². The van der Waals surface area contributed by atoms with Crippen molar-refractivity contribution in [3.05, 3.63) is 6.92 Å². The van der Waals surface area contributed by atoms with Gasteiger partial charge in [0.1, 0.15) is 0 Å². The number of hydrogen-bond donors (Lipinski definition) is 0. The van der Waals surface area contributed by atoms with Crippen molar-refractivity contribution in [3.63, 3.8) is 0 Å². The van der Waals surface area contributed by atoms with Crippen LogP contribution in [-0.2, 0) is 27.3 Å². The van der Waals surface area contributed by atoms with Crippen molar-refractivity contribution in [3.8, 4) is 0 Å². The summed E-state index contributed by atoms with van der Waals surface area (Å²) in [6.45, 7) is 8.40. The first kappa shape index (κ1) is 19.3. The van der Waals surface area contributed by atoms with Crippen molar-refractivity contribution < 1.29 is 51.3 Å². The molecule has 0 aliphatic carbocycles. The molecule has 0 aliphatic heterocycles. The molecule has 0 saturated heterocycles. The van der Waals surface area contributed by atoms with E-state index in [1.165, 1.54) is 38.5 Å². The monoisotopic (exact) mass is 382 g/mol. The van der Waals surface area contributed by atoms with Crippen LogP contribution in [0.3, 0.4) is 0 Å². The standard InChI is InChI=1S/C10H21.Cd.HI/c1-4-5-6-7-8-9-10(2)3;;/h10H,2,4-9H2,1,3H3;;1H/q-1;+2;/p-1. The molecule has 0 heterocycles. The second-order valence-electron chi connectivity index (χ2n) is 3.31. The van der Waals surface area contributed by atoms with Gasteiger partial charge in [0.25, 0.3) is 0 Å². The summed E-state index contributed by atoms with van der Waals surface area (Å²) >= 11 is 0. The van der Waals surface area contributed by atoms with Crippen LogP contribution in [0.5, 0.6) is 0 Å². The normalized spacial score (nSPS) is 11.2. The Labute approximate surface area is 115 Å². The minimum atomic E-state index is 0. The first-order chi connectivity index (χ1) is 4.77. The van der Waals surface area contributed by atoms with E-state index < -0.39 is 0 Å². The SMILES string of the molecule is [CH2-]C(C)CCCCCCC.[Cd+2].[I-]. The molecular weight excluding hydrogens is 359 g/mol. The molecule has 70 valence electrons. The van der Waals surface area contributed by atoms with Gasteiger partial charge in [-0.2, -0.15) is 5.92 Å². The maximum Gasteiger partial charge on any atom is 2.00 e. The predicted molar refractivity (Wildman–Crippen MR) is 47.9 cm³/mol. The van der Waals surface area contributed by atoms with Crippen LogP contribution in [0.25, 0.3) is 0 Å². The first-order valence-electron chi connectivity index (χ1n) is 4.60. The van der Waals surface area contributed by atoms with E-state index >= 15 is 0 Å². The molecule has 1 atom stereocenters. The average molecular weight is 381 g/mol. The van der Waals surface area contributed by atoms with Gasteiger partial charge in [0.15, 0.2) is 0 Å². The van der Waals surface area contributed by atoms with Crippen molar-refractivity contribution in [2.24, 2.45) is 5.92 Å². The Morgan fingerprint density at radius 1 is 1.08 bits per heavy atom. The van der Waals surface area contributed by atoms with Gasteiger partial charge in [0, 0.05) is 0 Å². The van der Waals surface area contributed by atoms with Crippen LogP contribution >= 0.6 is 0 Å². The zero-order valence-corrected chi connectivity index (χ0v) is 14.8. The van der Waals surface area contributed by atoms with Gasteiger partial charge in [-0.1, -0.05) is 52.4 Å². The Morgan fingerprint density at radius 3 is 2.00 bits per heavy atom. The van der Waals surface area contributed by atoms with E-state index in [2.05, 4.69) is 20.8 Å². The summed E-state index contributed by atoms with van der Waals surface area (Å²) in [5.41, 5.74) is 0. The van der Waals surface area contributed by atoms with Gasteiger partial charge in [-0.05, 0) is 0 Å². The first-order valence-corrected chi connectivity index (χ1v) is 4.60. The minimum absolute atomic E-state index is 0. The number of unbranched alkanes of at least 4 members (excludes halogenated alkanes) is 4. The molecule has 0 bridgehead atoms. The van der Waals surface area contributed by atoms with E-state index in [4.69, 9.17) is 0 Å². The molecule has 0 rings (SSSR count). The molecule has 0 aromatic heterocycles. The van der Waals surface area contributed by atoms with E-state index in [-0.39, 0.29) is 51.3 Å². The molecule has 0 nitrogen and oxygen atoms in total. The smallest absolute Gasteiger partial charge is 1.00 e. The van der Waals surface area contributed by atoms with Crippen LogP contribution in [0.4, 0.5) is 0 Å². The Bertz CT molecular complexity index is 64.9. The fourth-order valence-electron chi connectivity index (χ4n) is 1.10. The van der Waals surface area contributed by atoms with Crippen molar-refractivity contribution in [2.45, 2.75) is 52.4 Å². The largest absolute Gasteiger partial charge is 2.00 e. The van der Waals surface area contributed by atoms with Crippen LogP contribution < -0.4 is 24.0 Å². The summed E-state index contributed by atoms with van der Waals surface area (Å²) in [7, 11) is 0. The van der Waals surface area contributed by atoms with Crippen molar-refractivity contribution in [2.75, 3.05) is 0 Å². The molecule has 2 heteroatoms. The molecule has 0 radical (unpaired) electrons. The van der Waals surface area contributed by atoms with Crippen molar-refractivity contribution in [1.82, 2.24) is 0 Å². The van der Waals surface area contributed by atoms with Crippen molar-refractivity contribution >= 4 is 0 Å². The number of hydrogen-bond acceptors (Lipinski definition) is 0. The summed E-state index contributed by atoms with van der Waals surface area (Å²) in [6, 6.07) is 0. The summed E-state index contributed by atoms with van der Waals surface area (Å²) in [5.74, 6) is 0.654. The van der Waals surface area contributed by atoms with E-state index in [9.17, 15) is 0 Å². The maximum atomic E-state index is 3.96. The number of rotatable bonds is 6. The summed E-state index contributed by atoms with van der Waals surface area (Å²) in [4.78, 5) is 0. The molecule has 12 heavy (non-hydrogen) atoms. The third-order valence-electron chi connectivity index (χ3n) is 1.80. The molecule has 0 N–H and O–H groups in total. The maximum absolute atomic E-state index is 3.96. The summed E-state index contributed by atoms with van der Waals surface area (Å²) in [6.07, 6.45) is 8.27. The Morgan fingerprint density at radius 2 is 1.58 bits per heavy atom. The Kier molecular flexibility index (Phi) is 24.3. The zero-order valence-electron chi connectivity index (χ0n) is 8.61. The molecule has 1 unspecified atom stereocenters. The topological polar surface area (TPSA) is 0 Å². The van der Waals surface area contributed by atoms with Crippen LogP contribution in [0.15, 0.2) is 0 Å². The van der Waals surface area contributed by atoms with E-state index in [1.54, 1.807) is 0 Å². The molecule has 0 aliphatic rings. The second-order valence-corrected chi connectivity index (χ2v) is 3.31. The van der Waals surface area contributed by atoms with Gasteiger partial charge >= 0.3 is 27.3 Å². The molecule has 0 spiro atoms. The van der Waals surface area contributed by atoms with Crippen LogP contribution in [-0.4, -0.2) is 0 Å². The molecule has 0 aromatic rings. The van der Waals surface area contributed by atoms with Gasteiger partial charge in [-0.25, -0.2) is 0 Å². The molecule has 0 saturated carbocycles. The van der Waals surface area contributed by atoms with Gasteiger partial charge in [-0.3, -0.25) is 0 Å². The van der Waals surface area contributed by atoms with Crippen molar-refractivity contribution in [1.29, 1.82) is 0 Å². The third kappa shape index (κ3) is 17.7. The van der Waals surface area contributed by atoms with Gasteiger partial charge in [-0.15, -0.1) is 0 Å². The average Bonchev–Trinajstić information content (AvgIpc) is 1.87. The fourth-order valence-corrected chi connectivity index (χ4v) is 1.10. The van der Waals surface area contributed by atoms with E-state index in [1.807, 2.05) is 0 Å². The van der Waals surface area contributed by atoms with E-state index in [0.717, 1.165) is 0 Å². The van der Waals surface area contributed by atoms with Gasteiger partial charge in [0.2, 0.25) is 0 Å². The quantitative estimate of drug-likeness (QED) is 0.277. The van der Waals surface area contributed by atoms with E-state index in [0.29, 0.717) is 5.92 Å². The summed E-state index contributed by atoms with van der Waals surface area (Å²) < 4.78 is 0. The third-order valence-corrected chi connectivity index (χ3v) is 1.80. The summed E-state index contributed by atoms with van der Waals surface area (Å²) in [5, 5.41) is 0. The molecular formula is C10H21CdI. The van der Waals surface area contributed by atoms with Crippen LogP contribution in [0.1, 0.15) is 52.4 Å². The molecule has 0 aromatic carbocycles. The fraction of sp³-hybridized carbons (Fsp3) is 0.900. The number of halogens is 1. The second kappa shape index (κ2) is 15.1. The van der Waals surface area contributed by atoms with Crippen LogP contribution in [0.2, 0.25) is 0 Å². The van der Waals surface area contributed by atoms with Gasteiger partial charge in [0.05, 0.1) is 0 Å². The molecule has 0 fully saturated rings. The predicted octanol–water partition coefficient (Wildman–Crippen LogP) is 0.819. The zero-order chi connectivity index (χ0) is 7.82. The Balaban J connectivity index is -0.000000405.